The van der Waals surface area contributed by atoms with Crippen molar-refractivity contribution in [2.24, 2.45) is 21.1 Å². The van der Waals surface area contributed by atoms with Gasteiger partial charge in [-0.2, -0.15) is 32.6 Å². The van der Waals surface area contributed by atoms with Gasteiger partial charge in [0.25, 0.3) is 0 Å². The first kappa shape index (κ1) is 54.9. The molecular formula is C59H58N12O4S2. The van der Waals surface area contributed by atoms with Crippen LogP contribution in [0.1, 0.15) is 102 Å². The summed E-state index contributed by atoms with van der Waals surface area (Å²) < 4.78 is 39.5. The minimum atomic E-state index is -0.750. The van der Waals surface area contributed by atoms with E-state index in [0.717, 1.165) is 152 Å². The molecule has 0 bridgehead atoms. The Balaban J connectivity index is 0.000000145. The molecule has 6 aromatic heterocycles. The molecule has 3 saturated carbocycles. The summed E-state index contributed by atoms with van der Waals surface area (Å²) in [6, 6.07) is 32.7. The number of nitrogens with zero attached hydrogens (tertiary/aromatic N) is 12. The molecule has 0 unspecified atom stereocenters. The number of aromatic nitrogens is 9. The maximum absolute atomic E-state index is 9.43. The van der Waals surface area contributed by atoms with E-state index in [4.69, 9.17) is 41.8 Å². The minimum absolute atomic E-state index is 0.292. The summed E-state index contributed by atoms with van der Waals surface area (Å²) in [7, 11) is 6.09. The lowest BCUT2D eigenvalue weighted by atomic mass is 9.96. The number of imidazole rings is 3. The highest BCUT2D eigenvalue weighted by atomic mass is 32.1. The highest BCUT2D eigenvalue weighted by Gasteiger charge is 2.47. The molecule has 0 amide bonds. The van der Waals surface area contributed by atoms with Gasteiger partial charge in [-0.1, -0.05) is 50.2 Å². The van der Waals surface area contributed by atoms with Crippen LogP contribution in [0.3, 0.4) is 0 Å². The average Bonchev–Trinajstić information content (AvgIpc) is 4.38. The second-order valence-electron chi connectivity index (χ2n) is 20.2. The topological polar surface area (TPSA) is 232 Å². The van der Waals surface area contributed by atoms with Crippen molar-refractivity contribution in [1.29, 1.82) is 15.8 Å². The van der Waals surface area contributed by atoms with Crippen LogP contribution in [0.25, 0.3) is 67.7 Å². The molecule has 0 atom stereocenters. The molecule has 9 aromatic rings. The molecule has 77 heavy (non-hydrogen) atoms. The van der Waals surface area contributed by atoms with Crippen LogP contribution in [0.4, 0.5) is 0 Å². The van der Waals surface area contributed by atoms with E-state index in [2.05, 4.69) is 144 Å². The van der Waals surface area contributed by atoms with Crippen LogP contribution in [0.5, 0.6) is 0 Å². The molecule has 3 aliphatic rings. The SMILES string of the molecule is CCc1cc(C2(C#N)CC2)cnc1-c1nc2cc(C)ccc2n1C.CCc1cc(C2(C#N)CC2)cnc1-c1nc2cc(C)ccc2n1C.Cc1ccc2c(c1)nc(-c1ncc(C3(C#N)CC3)cc1C)n2C.O=S=O.O=S=O. The van der Waals surface area contributed by atoms with Gasteiger partial charge in [0.15, 0.2) is 17.5 Å². The first-order chi connectivity index (χ1) is 37.0. The van der Waals surface area contributed by atoms with Gasteiger partial charge in [-0.25, -0.2) is 15.0 Å². The Kier molecular flexibility index (Phi) is 16.0. The Morgan fingerprint density at radius 3 is 1.03 bits per heavy atom. The number of pyridine rings is 3. The summed E-state index contributed by atoms with van der Waals surface area (Å²) in [6.45, 7) is 12.5. The lowest BCUT2D eigenvalue weighted by molar-refractivity contribution is 0.628. The molecule has 12 rings (SSSR count). The first-order valence-corrected chi connectivity index (χ1v) is 26.7. The molecule has 3 aliphatic carbocycles. The van der Waals surface area contributed by atoms with Crippen molar-refractivity contribution in [3.8, 4) is 52.8 Å². The molecule has 18 heteroatoms. The molecule has 0 saturated heterocycles. The van der Waals surface area contributed by atoms with Crippen LogP contribution < -0.4 is 0 Å². The van der Waals surface area contributed by atoms with Gasteiger partial charge in [-0.05, 0) is 166 Å². The molecular weight excluding hydrogens is 1000 g/mol. The summed E-state index contributed by atoms with van der Waals surface area (Å²) in [6.07, 6.45) is 13.0. The third kappa shape index (κ3) is 10.9. The second-order valence-corrected chi connectivity index (χ2v) is 20.5. The number of benzene rings is 3. The summed E-state index contributed by atoms with van der Waals surface area (Å²) in [5.41, 5.74) is 18.3. The zero-order chi connectivity index (χ0) is 55.4. The van der Waals surface area contributed by atoms with E-state index in [1.54, 1.807) is 0 Å². The number of nitriles is 3. The smallest absolute Gasteiger partial charge is 0.326 e. The van der Waals surface area contributed by atoms with Crippen molar-refractivity contribution in [3.05, 3.63) is 141 Å². The monoisotopic (exact) mass is 1060 g/mol. The molecule has 3 fully saturated rings. The van der Waals surface area contributed by atoms with E-state index < -0.39 is 23.1 Å². The van der Waals surface area contributed by atoms with Crippen molar-refractivity contribution in [2.45, 2.75) is 109 Å². The molecule has 16 nitrogen and oxygen atoms in total. The van der Waals surface area contributed by atoms with Gasteiger partial charge in [-0.3, -0.25) is 15.0 Å². The van der Waals surface area contributed by atoms with Gasteiger partial charge in [-0.15, -0.1) is 0 Å². The fourth-order valence-electron chi connectivity index (χ4n) is 9.89. The fourth-order valence-corrected chi connectivity index (χ4v) is 9.89. The van der Waals surface area contributed by atoms with Gasteiger partial charge in [0.2, 0.25) is 0 Å². The van der Waals surface area contributed by atoms with Crippen molar-refractivity contribution in [1.82, 2.24) is 43.6 Å². The number of aryl methyl sites for hydroxylation is 9. The Hall–Kier alpha value is -8.37. The molecule has 0 N–H and O–H groups in total. The highest BCUT2D eigenvalue weighted by molar-refractivity contribution is 7.52. The van der Waals surface area contributed by atoms with Crippen LogP contribution in [-0.2, 0) is 73.4 Å². The fraction of sp³-hybridized carbons (Fsp3) is 0.339. The Labute approximate surface area is 454 Å². The van der Waals surface area contributed by atoms with Gasteiger partial charge in [0.05, 0.1) is 67.6 Å². The molecule has 6 heterocycles. The van der Waals surface area contributed by atoms with Crippen LogP contribution in [0, 0.1) is 61.7 Å². The van der Waals surface area contributed by atoms with Crippen LogP contribution >= 0.6 is 0 Å². The van der Waals surface area contributed by atoms with Crippen LogP contribution in [0.2, 0.25) is 0 Å². The number of hydrogen-bond acceptors (Lipinski definition) is 13. The van der Waals surface area contributed by atoms with E-state index >= 15 is 0 Å². The van der Waals surface area contributed by atoms with Crippen molar-refractivity contribution in [3.63, 3.8) is 0 Å². The zero-order valence-corrected chi connectivity index (χ0v) is 46.3. The number of fused-ring (bicyclic) bond motifs is 3. The molecule has 390 valence electrons. The predicted molar refractivity (Wildman–Crippen MR) is 297 cm³/mol. The zero-order valence-electron chi connectivity index (χ0n) is 44.6. The summed E-state index contributed by atoms with van der Waals surface area (Å²) in [5.74, 6) is 2.65. The largest absolute Gasteiger partial charge is 0.335 e. The van der Waals surface area contributed by atoms with E-state index in [1.807, 2.05) is 46.7 Å². The summed E-state index contributed by atoms with van der Waals surface area (Å²) in [4.78, 5) is 28.5. The van der Waals surface area contributed by atoms with Gasteiger partial charge in [0.1, 0.15) is 17.1 Å². The van der Waals surface area contributed by atoms with Crippen LogP contribution in [-0.4, -0.2) is 60.4 Å². The molecule has 0 radical (unpaired) electrons. The third-order valence-electron chi connectivity index (χ3n) is 15.1. The molecule has 3 aromatic carbocycles. The molecule has 0 aliphatic heterocycles. The summed E-state index contributed by atoms with van der Waals surface area (Å²) >= 11 is -1.50. The Morgan fingerprint density at radius 2 is 0.753 bits per heavy atom. The first-order valence-electron chi connectivity index (χ1n) is 25.4. The van der Waals surface area contributed by atoms with Gasteiger partial charge >= 0.3 is 23.1 Å². The lowest BCUT2D eigenvalue weighted by Crippen LogP contribution is -2.07. The quantitative estimate of drug-likeness (QED) is 0.138. The number of rotatable bonds is 8. The highest BCUT2D eigenvalue weighted by Crippen LogP contribution is 2.50. The molecule has 0 spiro atoms. The van der Waals surface area contributed by atoms with Crippen molar-refractivity contribution >= 4 is 56.2 Å². The van der Waals surface area contributed by atoms with E-state index in [9.17, 15) is 15.8 Å². The Morgan fingerprint density at radius 1 is 0.468 bits per heavy atom. The maximum Gasteiger partial charge on any atom is 0.335 e. The van der Waals surface area contributed by atoms with E-state index in [1.165, 1.54) is 16.7 Å². The standard InChI is InChI=1S/2C20H20N4.C19H18N4.2O2S/c2*1-4-14-10-15(20(12-21)7-8-20)11-22-18(14)19-23-16-9-13(2)5-6-17(16)24(19)3;1-12-4-5-16-15(8-12)22-18(23(16)3)17-13(2)9-14(10-21-17)19(11-20)6-7-19;2*1-3-2/h2*5-6,9-11H,4,7-8H2,1-3H3;4-5,8-10H,6-7H2,1-3H3;;. The average molecular weight is 1060 g/mol. The number of hydrogen-bond donors (Lipinski definition) is 0. The van der Waals surface area contributed by atoms with Gasteiger partial charge in [0, 0.05) is 39.7 Å². The third-order valence-corrected chi connectivity index (χ3v) is 15.1. The normalized spacial score (nSPS) is 14.6. The van der Waals surface area contributed by atoms with Gasteiger partial charge < -0.3 is 13.7 Å². The van der Waals surface area contributed by atoms with Crippen LogP contribution in [0.15, 0.2) is 91.4 Å². The minimum Gasteiger partial charge on any atom is -0.326 e. The van der Waals surface area contributed by atoms with Crippen molar-refractivity contribution in [2.75, 3.05) is 0 Å². The lowest BCUT2D eigenvalue weighted by Gasteiger charge is -2.12. The Bertz CT molecular complexity index is 3780. The second kappa shape index (κ2) is 22.5. The summed E-state index contributed by atoms with van der Waals surface area (Å²) in [5, 5.41) is 28.2. The van der Waals surface area contributed by atoms with E-state index in [-0.39, 0.29) is 16.2 Å². The predicted octanol–water partition coefficient (Wildman–Crippen LogP) is 10.6. The maximum atomic E-state index is 9.43. The van der Waals surface area contributed by atoms with E-state index in [0.29, 0.717) is 0 Å². The van der Waals surface area contributed by atoms with Crippen molar-refractivity contribution < 1.29 is 16.8 Å².